The molecule has 5 aromatic rings. The van der Waals surface area contributed by atoms with Gasteiger partial charge in [-0.05, 0) is 17.8 Å². The van der Waals surface area contributed by atoms with Crippen molar-refractivity contribution in [2.75, 3.05) is 0 Å². The van der Waals surface area contributed by atoms with E-state index in [2.05, 4.69) is 110 Å². The Morgan fingerprint density at radius 2 is 1.44 bits per heavy atom. The molecule has 0 radical (unpaired) electrons. The zero-order valence-electron chi connectivity index (χ0n) is 15.3. The second-order valence-electron chi connectivity index (χ2n) is 6.43. The number of hydrogen-bond acceptors (Lipinski definition) is 0. The molecule has 5 rings (SSSR count). The fourth-order valence-corrected chi connectivity index (χ4v) is 4.47. The molecule has 5 aromatic carbocycles. The Morgan fingerprint density at radius 3 is 2.26 bits per heavy atom. The molecule has 1 atom stereocenters. The van der Waals surface area contributed by atoms with Crippen LogP contribution in [0.1, 0.15) is 5.56 Å². The first-order valence-corrected chi connectivity index (χ1v) is 9.89. The minimum Gasteiger partial charge on any atom is -0.168 e. The molecular formula is C25H21PTi. The largest absolute Gasteiger partial charge is 2.00 e. The summed E-state index contributed by atoms with van der Waals surface area (Å²) < 4.78 is 0. The van der Waals surface area contributed by atoms with Crippen LogP contribution in [0.2, 0.25) is 0 Å². The van der Waals surface area contributed by atoms with E-state index in [-0.39, 0.29) is 21.7 Å². The van der Waals surface area contributed by atoms with Crippen LogP contribution in [0.15, 0.2) is 103 Å². The maximum Gasteiger partial charge on any atom is 2.00 e. The SMILES string of the molecule is Cc1ccccc1P[c-]1ccc2ccccc21.[Ti+2].c1ccc2[cH-]ccc2c1. The van der Waals surface area contributed by atoms with Gasteiger partial charge >= 0.3 is 21.7 Å². The molecule has 0 fully saturated rings. The number of benzene rings is 3. The van der Waals surface area contributed by atoms with Gasteiger partial charge in [0.15, 0.2) is 0 Å². The van der Waals surface area contributed by atoms with Crippen LogP contribution < -0.4 is 10.6 Å². The molecule has 0 aliphatic rings. The summed E-state index contributed by atoms with van der Waals surface area (Å²) >= 11 is 0. The zero-order chi connectivity index (χ0) is 17.8. The topological polar surface area (TPSA) is 0 Å². The van der Waals surface area contributed by atoms with Crippen LogP contribution in [0.25, 0.3) is 21.5 Å². The van der Waals surface area contributed by atoms with Crippen molar-refractivity contribution >= 4 is 40.7 Å². The predicted octanol–water partition coefficient (Wildman–Crippen LogP) is 6.05. The summed E-state index contributed by atoms with van der Waals surface area (Å²) in [5.74, 6) is 0. The molecule has 130 valence electrons. The van der Waals surface area contributed by atoms with E-state index < -0.39 is 0 Å². The first-order chi connectivity index (χ1) is 12.8. The van der Waals surface area contributed by atoms with E-state index >= 15 is 0 Å². The maximum atomic E-state index is 2.26. The Morgan fingerprint density at radius 1 is 0.741 bits per heavy atom. The van der Waals surface area contributed by atoms with Gasteiger partial charge in [0.25, 0.3) is 0 Å². The Hall–Kier alpha value is -1.98. The van der Waals surface area contributed by atoms with Gasteiger partial charge in [0, 0.05) is 0 Å². The minimum absolute atomic E-state index is 0. The molecule has 0 nitrogen and oxygen atoms in total. The van der Waals surface area contributed by atoms with Crippen molar-refractivity contribution in [1.29, 1.82) is 0 Å². The molecule has 0 aliphatic carbocycles. The third-order valence-electron chi connectivity index (χ3n) is 4.64. The van der Waals surface area contributed by atoms with Gasteiger partial charge < -0.3 is 0 Å². The molecule has 0 spiro atoms. The summed E-state index contributed by atoms with van der Waals surface area (Å²) in [6.45, 7) is 2.19. The van der Waals surface area contributed by atoms with Crippen LogP contribution in [-0.4, -0.2) is 0 Å². The van der Waals surface area contributed by atoms with Crippen molar-refractivity contribution in [3.8, 4) is 0 Å². The normalized spacial score (nSPS) is 10.7. The summed E-state index contributed by atoms with van der Waals surface area (Å²) in [7, 11) is 0.754. The van der Waals surface area contributed by atoms with Crippen molar-refractivity contribution in [2.45, 2.75) is 6.92 Å². The third-order valence-corrected chi connectivity index (χ3v) is 6.18. The van der Waals surface area contributed by atoms with Crippen LogP contribution >= 0.6 is 8.58 Å². The van der Waals surface area contributed by atoms with E-state index in [1.54, 1.807) is 0 Å². The van der Waals surface area contributed by atoms with E-state index in [9.17, 15) is 0 Å². The number of aryl methyl sites for hydroxylation is 1. The molecule has 0 saturated heterocycles. The molecule has 0 aliphatic heterocycles. The summed E-state index contributed by atoms with van der Waals surface area (Å²) in [5.41, 5.74) is 1.39. The van der Waals surface area contributed by atoms with E-state index in [0.717, 1.165) is 8.58 Å². The fraction of sp³-hybridized carbons (Fsp3) is 0.0400. The monoisotopic (exact) mass is 400 g/mol. The molecule has 1 unspecified atom stereocenters. The Balaban J connectivity index is 0.000000178. The minimum atomic E-state index is 0. The average Bonchev–Trinajstić information content (AvgIpc) is 3.31. The van der Waals surface area contributed by atoms with Crippen molar-refractivity contribution in [1.82, 2.24) is 0 Å². The molecule has 2 heteroatoms. The van der Waals surface area contributed by atoms with Gasteiger partial charge in [0.05, 0.1) is 0 Å². The van der Waals surface area contributed by atoms with Crippen LogP contribution in [0.3, 0.4) is 0 Å². The molecule has 0 N–H and O–H groups in total. The molecule has 0 saturated carbocycles. The van der Waals surface area contributed by atoms with Gasteiger partial charge in [-0.3, -0.25) is 0 Å². The van der Waals surface area contributed by atoms with Crippen molar-refractivity contribution in [3.05, 3.63) is 109 Å². The quantitative estimate of drug-likeness (QED) is 0.192. The molecule has 27 heavy (non-hydrogen) atoms. The summed E-state index contributed by atoms with van der Waals surface area (Å²) in [6.07, 6.45) is 0. The number of hydrogen-bond donors (Lipinski definition) is 0. The summed E-state index contributed by atoms with van der Waals surface area (Å²) in [5, 5.41) is 8.31. The van der Waals surface area contributed by atoms with Crippen molar-refractivity contribution < 1.29 is 21.7 Å². The Kier molecular flexibility index (Phi) is 6.81. The van der Waals surface area contributed by atoms with Gasteiger partial charge in [-0.15, -0.1) is 78.6 Å². The van der Waals surface area contributed by atoms with Crippen molar-refractivity contribution in [3.63, 3.8) is 0 Å². The van der Waals surface area contributed by atoms with E-state index in [1.807, 2.05) is 0 Å². The average molecular weight is 400 g/mol. The van der Waals surface area contributed by atoms with Crippen molar-refractivity contribution in [2.24, 2.45) is 0 Å². The molecule has 0 amide bonds. The number of rotatable bonds is 2. The van der Waals surface area contributed by atoms with Crippen LogP contribution in [0, 0.1) is 6.92 Å². The second-order valence-corrected chi connectivity index (χ2v) is 7.76. The van der Waals surface area contributed by atoms with Gasteiger partial charge in [-0.1, -0.05) is 36.4 Å². The molecule has 0 aromatic heterocycles. The van der Waals surface area contributed by atoms with Gasteiger partial charge in [-0.2, -0.15) is 23.6 Å². The Labute approximate surface area is 177 Å². The third kappa shape index (κ3) is 4.66. The Bertz CT molecular complexity index is 1100. The van der Waals surface area contributed by atoms with Crippen LogP contribution in [0.5, 0.6) is 0 Å². The maximum absolute atomic E-state index is 2.26. The predicted molar refractivity (Wildman–Crippen MR) is 118 cm³/mol. The van der Waals surface area contributed by atoms with Crippen LogP contribution in [-0.2, 0) is 21.7 Å². The van der Waals surface area contributed by atoms with E-state index in [1.165, 1.54) is 37.7 Å². The molecular weight excluding hydrogens is 379 g/mol. The van der Waals surface area contributed by atoms with Gasteiger partial charge in [0.1, 0.15) is 0 Å². The molecule has 0 bridgehead atoms. The van der Waals surface area contributed by atoms with Gasteiger partial charge in [0.2, 0.25) is 0 Å². The van der Waals surface area contributed by atoms with E-state index in [0.29, 0.717) is 0 Å². The smallest absolute Gasteiger partial charge is 0.168 e. The first-order valence-electron chi connectivity index (χ1n) is 8.89. The fourth-order valence-electron chi connectivity index (χ4n) is 3.19. The zero-order valence-corrected chi connectivity index (χ0v) is 17.9. The second kappa shape index (κ2) is 9.29. The molecule has 0 heterocycles. The first kappa shape index (κ1) is 19.8. The van der Waals surface area contributed by atoms with Crippen LogP contribution in [0.4, 0.5) is 0 Å². The number of fused-ring (bicyclic) bond motifs is 2. The van der Waals surface area contributed by atoms with E-state index in [4.69, 9.17) is 0 Å². The summed E-state index contributed by atoms with van der Waals surface area (Å²) in [6, 6.07) is 36.4. The standard InChI is InChI=1S/C16H14P.C9H7.Ti/c1-12-6-2-5-9-15(12)17-16-11-10-13-7-3-4-8-14(13)16;1-2-5-9-7-3-6-8(9)4-1;/h2-11,17H,1H3;1-7H;/q2*-1;+2. The summed E-state index contributed by atoms with van der Waals surface area (Å²) in [4.78, 5) is 0. The van der Waals surface area contributed by atoms with Gasteiger partial charge in [-0.25, -0.2) is 0 Å².